The van der Waals surface area contributed by atoms with Crippen molar-refractivity contribution in [3.63, 3.8) is 0 Å². The Kier molecular flexibility index (Phi) is 4.39. The van der Waals surface area contributed by atoms with E-state index in [0.717, 1.165) is 19.7 Å². The first-order valence-electron chi connectivity index (χ1n) is 7.87. The second-order valence-electron chi connectivity index (χ2n) is 6.15. The predicted molar refractivity (Wildman–Crippen MR) is 81.9 cm³/mol. The third-order valence-electron chi connectivity index (χ3n) is 4.84. The largest absolute Gasteiger partial charge is 0.375 e. The summed E-state index contributed by atoms with van der Waals surface area (Å²) in [5.41, 5.74) is 2.71. The minimum atomic E-state index is 0.412. The van der Waals surface area contributed by atoms with Crippen LogP contribution in [0, 0.1) is 6.92 Å². The highest BCUT2D eigenvalue weighted by Gasteiger charge is 2.36. The Bertz CT molecular complexity index is 431. The van der Waals surface area contributed by atoms with Crippen LogP contribution in [0.25, 0.3) is 0 Å². The van der Waals surface area contributed by atoms with Crippen molar-refractivity contribution in [1.29, 1.82) is 0 Å². The van der Waals surface area contributed by atoms with Crippen LogP contribution in [0.3, 0.4) is 0 Å². The number of likely N-dealkylation sites (N-methyl/N-ethyl adjacent to an activating group) is 1. The zero-order chi connectivity index (χ0) is 13.9. The molecule has 20 heavy (non-hydrogen) atoms. The monoisotopic (exact) mass is 274 g/mol. The first kappa shape index (κ1) is 14.1. The molecule has 3 heteroatoms. The van der Waals surface area contributed by atoms with Crippen LogP contribution >= 0.6 is 0 Å². The Labute approximate surface area is 122 Å². The summed E-state index contributed by atoms with van der Waals surface area (Å²) in [6, 6.07) is 9.97. The summed E-state index contributed by atoms with van der Waals surface area (Å²) in [4.78, 5) is 2.64. The molecule has 3 rings (SSSR count). The summed E-state index contributed by atoms with van der Waals surface area (Å²) in [7, 11) is 2.07. The number of aryl methyl sites for hydroxylation is 1. The van der Waals surface area contributed by atoms with E-state index >= 15 is 0 Å². The van der Waals surface area contributed by atoms with Crippen LogP contribution in [-0.4, -0.2) is 43.8 Å². The van der Waals surface area contributed by atoms with Gasteiger partial charge in [-0.3, -0.25) is 4.90 Å². The number of ether oxygens (including phenoxy) is 1. The van der Waals surface area contributed by atoms with E-state index in [1.165, 1.54) is 30.4 Å². The van der Waals surface area contributed by atoms with Gasteiger partial charge in [-0.1, -0.05) is 29.8 Å². The molecule has 2 fully saturated rings. The summed E-state index contributed by atoms with van der Waals surface area (Å²) in [5, 5.41) is 3.48. The molecule has 0 amide bonds. The lowest BCUT2D eigenvalue weighted by atomic mass is 10.0. The SMILES string of the molecule is CNC(CN1CCOC2CCCC21)c1ccc(C)cc1. The maximum absolute atomic E-state index is 5.91. The second-order valence-corrected chi connectivity index (χ2v) is 6.15. The van der Waals surface area contributed by atoms with Crippen molar-refractivity contribution < 1.29 is 4.74 Å². The molecule has 0 radical (unpaired) electrons. The molecule has 1 aromatic rings. The van der Waals surface area contributed by atoms with Crippen LogP contribution in [0.4, 0.5) is 0 Å². The van der Waals surface area contributed by atoms with Gasteiger partial charge in [-0.2, -0.15) is 0 Å². The van der Waals surface area contributed by atoms with Crippen molar-refractivity contribution in [1.82, 2.24) is 10.2 Å². The molecule has 3 atom stereocenters. The highest BCUT2D eigenvalue weighted by atomic mass is 16.5. The third kappa shape index (κ3) is 2.90. The van der Waals surface area contributed by atoms with Crippen molar-refractivity contribution in [2.75, 3.05) is 26.7 Å². The Balaban J connectivity index is 1.69. The van der Waals surface area contributed by atoms with E-state index in [0.29, 0.717) is 18.2 Å². The Hall–Kier alpha value is -0.900. The van der Waals surface area contributed by atoms with E-state index in [4.69, 9.17) is 4.74 Å². The molecule has 0 aromatic heterocycles. The van der Waals surface area contributed by atoms with E-state index < -0.39 is 0 Å². The molecule has 1 heterocycles. The average molecular weight is 274 g/mol. The van der Waals surface area contributed by atoms with Crippen molar-refractivity contribution in [2.24, 2.45) is 0 Å². The molecule has 2 aliphatic rings. The Morgan fingerprint density at radius 2 is 2.10 bits per heavy atom. The number of fused-ring (bicyclic) bond motifs is 1. The van der Waals surface area contributed by atoms with Gasteiger partial charge in [0.05, 0.1) is 12.7 Å². The number of morpholine rings is 1. The van der Waals surface area contributed by atoms with Gasteiger partial charge in [0.25, 0.3) is 0 Å². The molecule has 1 aliphatic carbocycles. The molecule has 3 unspecified atom stereocenters. The van der Waals surface area contributed by atoms with Crippen molar-refractivity contribution in [2.45, 2.75) is 44.4 Å². The Morgan fingerprint density at radius 3 is 2.85 bits per heavy atom. The van der Waals surface area contributed by atoms with Crippen LogP contribution in [-0.2, 0) is 4.74 Å². The maximum atomic E-state index is 5.91. The number of benzene rings is 1. The fourth-order valence-corrected chi connectivity index (χ4v) is 3.63. The minimum absolute atomic E-state index is 0.412. The maximum Gasteiger partial charge on any atom is 0.0730 e. The van der Waals surface area contributed by atoms with Gasteiger partial charge >= 0.3 is 0 Å². The quantitative estimate of drug-likeness (QED) is 0.913. The number of rotatable bonds is 4. The summed E-state index contributed by atoms with van der Waals surface area (Å²) < 4.78 is 5.91. The normalized spacial score (nSPS) is 28.3. The fraction of sp³-hybridized carbons (Fsp3) is 0.647. The van der Waals surface area contributed by atoms with E-state index in [-0.39, 0.29) is 0 Å². The van der Waals surface area contributed by atoms with E-state index in [9.17, 15) is 0 Å². The molecule has 1 N–H and O–H groups in total. The van der Waals surface area contributed by atoms with Crippen molar-refractivity contribution >= 4 is 0 Å². The predicted octanol–water partition coefficient (Wildman–Crippen LogP) is 2.51. The highest BCUT2D eigenvalue weighted by molar-refractivity contribution is 5.24. The highest BCUT2D eigenvalue weighted by Crippen LogP contribution is 2.30. The molecule has 1 aliphatic heterocycles. The van der Waals surface area contributed by atoms with E-state index in [2.05, 4.69) is 48.5 Å². The zero-order valence-electron chi connectivity index (χ0n) is 12.6. The first-order chi connectivity index (χ1) is 9.78. The lowest BCUT2D eigenvalue weighted by Crippen LogP contribution is -2.50. The van der Waals surface area contributed by atoms with E-state index in [1.807, 2.05) is 0 Å². The zero-order valence-corrected chi connectivity index (χ0v) is 12.6. The molecule has 0 bridgehead atoms. The third-order valence-corrected chi connectivity index (χ3v) is 4.84. The number of nitrogens with one attached hydrogen (secondary N) is 1. The lowest BCUT2D eigenvalue weighted by Gasteiger charge is -2.39. The van der Waals surface area contributed by atoms with Crippen LogP contribution in [0.15, 0.2) is 24.3 Å². The molecule has 110 valence electrons. The molecular formula is C17H26N2O. The van der Waals surface area contributed by atoms with Gasteiger partial charge in [0, 0.05) is 25.2 Å². The molecule has 1 saturated heterocycles. The van der Waals surface area contributed by atoms with Crippen LogP contribution in [0.1, 0.15) is 36.4 Å². The van der Waals surface area contributed by atoms with Crippen LogP contribution in [0.5, 0.6) is 0 Å². The van der Waals surface area contributed by atoms with Gasteiger partial charge in [0.15, 0.2) is 0 Å². The summed E-state index contributed by atoms with van der Waals surface area (Å²) >= 11 is 0. The van der Waals surface area contributed by atoms with Gasteiger partial charge < -0.3 is 10.1 Å². The minimum Gasteiger partial charge on any atom is -0.375 e. The van der Waals surface area contributed by atoms with Crippen molar-refractivity contribution in [3.05, 3.63) is 35.4 Å². The van der Waals surface area contributed by atoms with Gasteiger partial charge in [-0.05, 0) is 38.8 Å². The molecule has 0 spiro atoms. The summed E-state index contributed by atoms with van der Waals surface area (Å²) in [5.74, 6) is 0. The number of hydrogen-bond acceptors (Lipinski definition) is 3. The van der Waals surface area contributed by atoms with Gasteiger partial charge in [-0.15, -0.1) is 0 Å². The van der Waals surface area contributed by atoms with Gasteiger partial charge in [0.2, 0.25) is 0 Å². The number of nitrogens with zero attached hydrogens (tertiary/aromatic N) is 1. The van der Waals surface area contributed by atoms with Crippen LogP contribution in [0.2, 0.25) is 0 Å². The molecule has 1 aromatic carbocycles. The Morgan fingerprint density at radius 1 is 1.30 bits per heavy atom. The topological polar surface area (TPSA) is 24.5 Å². The standard InChI is InChI=1S/C17H26N2O/c1-13-6-8-14(9-7-13)15(18-2)12-19-10-11-20-17-5-3-4-16(17)19/h6-9,15-18H,3-5,10-12H2,1-2H3. The number of hydrogen-bond donors (Lipinski definition) is 1. The van der Waals surface area contributed by atoms with Gasteiger partial charge in [0.1, 0.15) is 0 Å². The average Bonchev–Trinajstić information content (AvgIpc) is 2.95. The summed E-state index contributed by atoms with van der Waals surface area (Å²) in [6.45, 7) is 5.20. The first-order valence-corrected chi connectivity index (χ1v) is 7.87. The molecule has 1 saturated carbocycles. The van der Waals surface area contributed by atoms with Crippen molar-refractivity contribution in [3.8, 4) is 0 Å². The fourth-order valence-electron chi connectivity index (χ4n) is 3.63. The van der Waals surface area contributed by atoms with Crippen LogP contribution < -0.4 is 5.32 Å². The second kappa shape index (κ2) is 6.25. The molecular weight excluding hydrogens is 248 g/mol. The van der Waals surface area contributed by atoms with E-state index in [1.54, 1.807) is 0 Å². The smallest absolute Gasteiger partial charge is 0.0730 e. The molecule has 3 nitrogen and oxygen atoms in total. The van der Waals surface area contributed by atoms with Gasteiger partial charge in [-0.25, -0.2) is 0 Å². The lowest BCUT2D eigenvalue weighted by molar-refractivity contribution is -0.0580. The summed E-state index contributed by atoms with van der Waals surface area (Å²) in [6.07, 6.45) is 4.35.